The van der Waals surface area contributed by atoms with Crippen molar-refractivity contribution in [1.82, 2.24) is 15.2 Å². The number of ether oxygens (including phenoxy) is 1. The third-order valence-corrected chi connectivity index (χ3v) is 6.06. The molecule has 2 atom stereocenters. The zero-order chi connectivity index (χ0) is 17.1. The van der Waals surface area contributed by atoms with E-state index < -0.39 is 0 Å². The molecule has 1 amide bonds. The van der Waals surface area contributed by atoms with E-state index in [4.69, 9.17) is 4.74 Å². The maximum absolute atomic E-state index is 12.5. The number of amides is 1. The van der Waals surface area contributed by atoms with Gasteiger partial charge in [0.05, 0.1) is 0 Å². The largest absolute Gasteiger partial charge is 0.381 e. The van der Waals surface area contributed by atoms with E-state index in [2.05, 4.69) is 15.2 Å². The van der Waals surface area contributed by atoms with Crippen molar-refractivity contribution < 1.29 is 9.53 Å². The van der Waals surface area contributed by atoms with Crippen LogP contribution in [-0.2, 0) is 16.0 Å². The van der Waals surface area contributed by atoms with Crippen molar-refractivity contribution in [3.63, 3.8) is 0 Å². The molecule has 1 N–H and O–H groups in total. The molecule has 0 spiro atoms. The van der Waals surface area contributed by atoms with Gasteiger partial charge in [-0.1, -0.05) is 0 Å². The summed E-state index contributed by atoms with van der Waals surface area (Å²) in [4.78, 5) is 19.1. The molecule has 4 rings (SSSR count). The summed E-state index contributed by atoms with van der Waals surface area (Å²) in [6, 6.07) is 4.96. The normalized spacial score (nSPS) is 28.2. The topological polar surface area (TPSA) is 54.5 Å². The van der Waals surface area contributed by atoms with Gasteiger partial charge in [0.1, 0.15) is 0 Å². The molecular weight excluding hydrogens is 314 g/mol. The van der Waals surface area contributed by atoms with E-state index in [1.807, 2.05) is 12.1 Å². The molecule has 0 bridgehead atoms. The van der Waals surface area contributed by atoms with Crippen molar-refractivity contribution in [1.29, 1.82) is 0 Å². The number of aromatic nitrogens is 1. The molecule has 0 radical (unpaired) electrons. The van der Waals surface area contributed by atoms with Crippen LogP contribution in [0.4, 0.5) is 0 Å². The third kappa shape index (κ3) is 4.39. The van der Waals surface area contributed by atoms with Gasteiger partial charge in [-0.05, 0) is 61.6 Å². The van der Waals surface area contributed by atoms with Crippen molar-refractivity contribution in [2.24, 2.45) is 11.8 Å². The fourth-order valence-corrected chi connectivity index (χ4v) is 4.45. The van der Waals surface area contributed by atoms with Gasteiger partial charge < -0.3 is 10.1 Å². The van der Waals surface area contributed by atoms with Crippen LogP contribution in [0.1, 0.15) is 37.7 Å². The SMILES string of the molecule is O=C(CCc1ccncc1)N[C@@H]1CN(C2CCOCC2)C[C@H]1C1CC1. The van der Waals surface area contributed by atoms with Crippen LogP contribution in [0, 0.1) is 11.8 Å². The standard InChI is InChI=1S/C20H29N3O2/c24-20(4-1-15-5-9-21-10-6-15)22-19-14-23(13-18(19)16-2-3-16)17-7-11-25-12-8-17/h5-6,9-10,16-19H,1-4,7-8,11-14H2,(H,22,24)/t18-,19+/m0/s1. The number of nitrogens with one attached hydrogen (secondary N) is 1. The second-order valence-electron chi connectivity index (χ2n) is 7.83. The Bertz CT molecular complexity index is 570. The summed E-state index contributed by atoms with van der Waals surface area (Å²) < 4.78 is 5.51. The summed E-state index contributed by atoms with van der Waals surface area (Å²) in [6.45, 7) is 3.95. The first-order valence-corrected chi connectivity index (χ1v) is 9.79. The van der Waals surface area contributed by atoms with Gasteiger partial charge in [0, 0.05) is 57.2 Å². The van der Waals surface area contributed by atoms with Crippen molar-refractivity contribution in [3.05, 3.63) is 30.1 Å². The highest BCUT2D eigenvalue weighted by Gasteiger charge is 2.44. The van der Waals surface area contributed by atoms with Crippen molar-refractivity contribution >= 4 is 5.91 Å². The number of aryl methyl sites for hydroxylation is 1. The van der Waals surface area contributed by atoms with Gasteiger partial charge in [-0.3, -0.25) is 14.7 Å². The molecule has 2 aliphatic heterocycles. The molecule has 0 unspecified atom stereocenters. The zero-order valence-electron chi connectivity index (χ0n) is 14.9. The lowest BCUT2D eigenvalue weighted by Crippen LogP contribution is -2.43. The minimum Gasteiger partial charge on any atom is -0.381 e. The van der Waals surface area contributed by atoms with E-state index in [-0.39, 0.29) is 5.91 Å². The number of carbonyl (C=O) groups is 1. The Balaban J connectivity index is 1.31. The summed E-state index contributed by atoms with van der Waals surface area (Å²) in [5.74, 6) is 1.67. The van der Waals surface area contributed by atoms with Gasteiger partial charge in [-0.15, -0.1) is 0 Å². The molecular formula is C20H29N3O2. The Labute approximate surface area is 150 Å². The predicted octanol–water partition coefficient (Wildman–Crippen LogP) is 2.02. The van der Waals surface area contributed by atoms with E-state index in [1.54, 1.807) is 12.4 Å². The van der Waals surface area contributed by atoms with Crippen molar-refractivity contribution in [3.8, 4) is 0 Å². The van der Waals surface area contributed by atoms with Gasteiger partial charge in [0.25, 0.3) is 0 Å². The summed E-state index contributed by atoms with van der Waals surface area (Å²) in [7, 11) is 0. The molecule has 0 aromatic carbocycles. The third-order valence-electron chi connectivity index (χ3n) is 6.06. The van der Waals surface area contributed by atoms with Gasteiger partial charge >= 0.3 is 0 Å². The summed E-state index contributed by atoms with van der Waals surface area (Å²) >= 11 is 0. The predicted molar refractivity (Wildman–Crippen MR) is 96.1 cm³/mol. The molecule has 136 valence electrons. The van der Waals surface area contributed by atoms with E-state index >= 15 is 0 Å². The van der Waals surface area contributed by atoms with E-state index in [0.717, 1.165) is 51.5 Å². The lowest BCUT2D eigenvalue weighted by atomic mass is 9.98. The molecule has 3 fully saturated rings. The average Bonchev–Trinajstić information content (AvgIpc) is 3.42. The van der Waals surface area contributed by atoms with Crippen LogP contribution < -0.4 is 5.32 Å². The van der Waals surface area contributed by atoms with Crippen LogP contribution in [0.25, 0.3) is 0 Å². The highest BCUT2D eigenvalue weighted by atomic mass is 16.5. The van der Waals surface area contributed by atoms with Gasteiger partial charge in [0.2, 0.25) is 5.91 Å². The van der Waals surface area contributed by atoms with Gasteiger partial charge in [0.15, 0.2) is 0 Å². The minimum atomic E-state index is 0.196. The van der Waals surface area contributed by atoms with Crippen molar-refractivity contribution in [2.75, 3.05) is 26.3 Å². The number of hydrogen-bond acceptors (Lipinski definition) is 4. The molecule has 1 aromatic rings. The number of likely N-dealkylation sites (tertiary alicyclic amines) is 1. The average molecular weight is 343 g/mol. The quantitative estimate of drug-likeness (QED) is 0.859. The first-order chi connectivity index (χ1) is 12.3. The number of carbonyl (C=O) groups excluding carboxylic acids is 1. The van der Waals surface area contributed by atoms with E-state index in [0.29, 0.717) is 24.4 Å². The first-order valence-electron chi connectivity index (χ1n) is 9.79. The summed E-state index contributed by atoms with van der Waals surface area (Å²) in [5, 5.41) is 3.36. The number of rotatable bonds is 6. The second-order valence-corrected chi connectivity index (χ2v) is 7.83. The fraction of sp³-hybridized carbons (Fsp3) is 0.700. The number of nitrogens with zero attached hydrogens (tertiary/aromatic N) is 2. The van der Waals surface area contributed by atoms with Gasteiger partial charge in [-0.25, -0.2) is 0 Å². The zero-order valence-corrected chi connectivity index (χ0v) is 14.9. The van der Waals surface area contributed by atoms with Crippen LogP contribution in [0.5, 0.6) is 0 Å². The molecule has 1 saturated carbocycles. The Morgan fingerprint density at radius 2 is 1.92 bits per heavy atom. The van der Waals surface area contributed by atoms with Crippen LogP contribution >= 0.6 is 0 Å². The second kappa shape index (κ2) is 7.83. The first kappa shape index (κ1) is 17.0. The van der Waals surface area contributed by atoms with Crippen LogP contribution in [0.15, 0.2) is 24.5 Å². The molecule has 1 aromatic heterocycles. The van der Waals surface area contributed by atoms with Crippen molar-refractivity contribution in [2.45, 2.75) is 50.6 Å². The minimum absolute atomic E-state index is 0.196. The van der Waals surface area contributed by atoms with Crippen LogP contribution in [-0.4, -0.2) is 54.2 Å². The maximum atomic E-state index is 12.5. The van der Waals surface area contributed by atoms with Gasteiger partial charge in [-0.2, -0.15) is 0 Å². The Kier molecular flexibility index (Phi) is 5.32. The highest BCUT2D eigenvalue weighted by molar-refractivity contribution is 5.76. The van der Waals surface area contributed by atoms with E-state index in [1.165, 1.54) is 18.4 Å². The summed E-state index contributed by atoms with van der Waals surface area (Å²) in [6.07, 6.45) is 9.90. The molecule has 2 saturated heterocycles. The maximum Gasteiger partial charge on any atom is 0.220 e. The monoisotopic (exact) mass is 343 g/mol. The number of hydrogen-bond donors (Lipinski definition) is 1. The van der Waals surface area contributed by atoms with E-state index in [9.17, 15) is 4.79 Å². The highest BCUT2D eigenvalue weighted by Crippen LogP contribution is 2.42. The van der Waals surface area contributed by atoms with Crippen LogP contribution in [0.2, 0.25) is 0 Å². The molecule has 3 aliphatic rings. The summed E-state index contributed by atoms with van der Waals surface area (Å²) in [5.41, 5.74) is 1.18. The fourth-order valence-electron chi connectivity index (χ4n) is 4.45. The lowest BCUT2D eigenvalue weighted by Gasteiger charge is -2.31. The Morgan fingerprint density at radius 3 is 2.64 bits per heavy atom. The van der Waals surface area contributed by atoms with Crippen LogP contribution in [0.3, 0.4) is 0 Å². The molecule has 25 heavy (non-hydrogen) atoms. The molecule has 5 nitrogen and oxygen atoms in total. The Morgan fingerprint density at radius 1 is 1.16 bits per heavy atom. The number of pyridine rings is 1. The molecule has 5 heteroatoms. The molecule has 3 heterocycles. The molecule has 1 aliphatic carbocycles. The smallest absolute Gasteiger partial charge is 0.220 e. The Hall–Kier alpha value is -1.46. The lowest BCUT2D eigenvalue weighted by molar-refractivity contribution is -0.122.